The maximum atomic E-state index is 6.15. The molecule has 0 bridgehead atoms. The van der Waals surface area contributed by atoms with Crippen molar-refractivity contribution in [2.45, 2.75) is 25.9 Å². The van der Waals surface area contributed by atoms with E-state index in [1.807, 2.05) is 0 Å². The molecule has 1 aromatic rings. The number of para-hydroxylation sites is 1. The van der Waals surface area contributed by atoms with Crippen LogP contribution in [0.4, 0.5) is 5.69 Å². The van der Waals surface area contributed by atoms with Crippen LogP contribution >= 0.6 is 0 Å². The smallest absolute Gasteiger partial charge is 0.143 e. The Balaban J connectivity index is 1.72. The topological polar surface area (TPSA) is 24.5 Å². The fourth-order valence-corrected chi connectivity index (χ4v) is 2.77. The van der Waals surface area contributed by atoms with Crippen molar-refractivity contribution >= 4 is 5.69 Å². The Bertz CT molecular complexity index is 405. The van der Waals surface area contributed by atoms with E-state index in [0.717, 1.165) is 38.2 Å². The van der Waals surface area contributed by atoms with E-state index < -0.39 is 0 Å². The summed E-state index contributed by atoms with van der Waals surface area (Å²) in [7, 11) is 0. The van der Waals surface area contributed by atoms with Gasteiger partial charge in [-0.25, -0.2) is 0 Å². The van der Waals surface area contributed by atoms with Crippen LogP contribution in [0.1, 0.15) is 18.9 Å². The monoisotopic (exact) mass is 232 g/mol. The lowest BCUT2D eigenvalue weighted by Crippen LogP contribution is -2.24. The van der Waals surface area contributed by atoms with Crippen LogP contribution in [0.25, 0.3) is 0 Å². The summed E-state index contributed by atoms with van der Waals surface area (Å²) < 4.78 is 6.15. The summed E-state index contributed by atoms with van der Waals surface area (Å²) in [6.45, 7) is 6.63. The molecule has 1 aromatic carbocycles. The standard InChI is InChI=1S/C14H20N2O/c1-2-16-9-7-12(10-16)17-13-5-3-4-11-6-8-15-14(11)13/h3-5,12,15H,2,6-10H2,1H3. The summed E-state index contributed by atoms with van der Waals surface area (Å²) in [5.41, 5.74) is 2.62. The third kappa shape index (κ3) is 2.12. The van der Waals surface area contributed by atoms with Crippen LogP contribution in [0, 0.1) is 0 Å². The van der Waals surface area contributed by atoms with Gasteiger partial charge in [0, 0.05) is 19.6 Å². The predicted octanol–water partition coefficient (Wildman–Crippen LogP) is 2.13. The molecule has 2 aliphatic heterocycles. The number of likely N-dealkylation sites (tertiary alicyclic amines) is 1. The average Bonchev–Trinajstić information content (AvgIpc) is 2.97. The minimum absolute atomic E-state index is 0.365. The number of ether oxygens (including phenoxy) is 1. The molecule has 2 aliphatic rings. The van der Waals surface area contributed by atoms with Crippen molar-refractivity contribution < 1.29 is 4.74 Å². The normalized spacial score (nSPS) is 23.5. The molecule has 0 spiro atoms. The number of nitrogens with one attached hydrogen (secondary N) is 1. The van der Waals surface area contributed by atoms with Crippen molar-refractivity contribution in [3.63, 3.8) is 0 Å². The lowest BCUT2D eigenvalue weighted by molar-refractivity contribution is 0.203. The average molecular weight is 232 g/mol. The zero-order valence-corrected chi connectivity index (χ0v) is 10.4. The molecule has 1 atom stereocenters. The van der Waals surface area contributed by atoms with Gasteiger partial charge in [0.2, 0.25) is 0 Å². The number of benzene rings is 1. The highest BCUT2D eigenvalue weighted by molar-refractivity contribution is 5.65. The largest absolute Gasteiger partial charge is 0.487 e. The summed E-state index contributed by atoms with van der Waals surface area (Å²) in [5.74, 6) is 1.04. The molecule has 0 aromatic heterocycles. The molecule has 3 rings (SSSR count). The Hall–Kier alpha value is -1.22. The molecule has 3 nitrogen and oxygen atoms in total. The maximum absolute atomic E-state index is 6.15. The van der Waals surface area contributed by atoms with Gasteiger partial charge in [-0.1, -0.05) is 19.1 Å². The second-order valence-corrected chi connectivity index (χ2v) is 4.89. The van der Waals surface area contributed by atoms with E-state index in [-0.39, 0.29) is 0 Å². The third-order valence-electron chi connectivity index (χ3n) is 3.78. The molecule has 1 N–H and O–H groups in total. The molecule has 92 valence electrons. The second kappa shape index (κ2) is 4.57. The van der Waals surface area contributed by atoms with Gasteiger partial charge in [0.1, 0.15) is 11.9 Å². The molecule has 0 aliphatic carbocycles. The number of rotatable bonds is 3. The predicted molar refractivity (Wildman–Crippen MR) is 69.8 cm³/mol. The van der Waals surface area contributed by atoms with Crippen LogP contribution in [0.3, 0.4) is 0 Å². The summed E-state index contributed by atoms with van der Waals surface area (Å²) in [4.78, 5) is 2.45. The zero-order valence-electron chi connectivity index (χ0n) is 10.4. The van der Waals surface area contributed by atoms with Crippen LogP contribution in [-0.2, 0) is 6.42 Å². The highest BCUT2D eigenvalue weighted by Gasteiger charge is 2.24. The van der Waals surface area contributed by atoms with Crippen LogP contribution in [0.2, 0.25) is 0 Å². The number of likely N-dealkylation sites (N-methyl/N-ethyl adjacent to an activating group) is 1. The number of hydrogen-bond donors (Lipinski definition) is 1. The van der Waals surface area contributed by atoms with E-state index in [4.69, 9.17) is 4.74 Å². The lowest BCUT2D eigenvalue weighted by atomic mass is 10.1. The summed E-state index contributed by atoms with van der Waals surface area (Å²) >= 11 is 0. The molecule has 0 saturated carbocycles. The van der Waals surface area contributed by atoms with Gasteiger partial charge in [-0.05, 0) is 31.0 Å². The van der Waals surface area contributed by atoms with Gasteiger partial charge in [0.25, 0.3) is 0 Å². The molecule has 0 amide bonds. The van der Waals surface area contributed by atoms with Gasteiger partial charge in [-0.3, -0.25) is 4.90 Å². The molecule has 17 heavy (non-hydrogen) atoms. The third-order valence-corrected chi connectivity index (χ3v) is 3.78. The Morgan fingerprint density at radius 2 is 2.41 bits per heavy atom. The van der Waals surface area contributed by atoms with E-state index >= 15 is 0 Å². The van der Waals surface area contributed by atoms with Crippen LogP contribution in [0.15, 0.2) is 18.2 Å². The highest BCUT2D eigenvalue weighted by Crippen LogP contribution is 2.33. The van der Waals surface area contributed by atoms with Crippen molar-refractivity contribution in [1.82, 2.24) is 4.90 Å². The summed E-state index contributed by atoms with van der Waals surface area (Å²) in [6.07, 6.45) is 2.64. The van der Waals surface area contributed by atoms with Gasteiger partial charge in [-0.2, -0.15) is 0 Å². The quantitative estimate of drug-likeness (QED) is 0.864. The van der Waals surface area contributed by atoms with E-state index in [9.17, 15) is 0 Å². The van der Waals surface area contributed by atoms with Gasteiger partial charge in [-0.15, -0.1) is 0 Å². The molecule has 2 heterocycles. The highest BCUT2D eigenvalue weighted by atomic mass is 16.5. The van der Waals surface area contributed by atoms with Crippen molar-refractivity contribution in [2.75, 3.05) is 31.5 Å². The van der Waals surface area contributed by atoms with Gasteiger partial charge >= 0.3 is 0 Å². The van der Waals surface area contributed by atoms with Gasteiger partial charge in [0.15, 0.2) is 0 Å². The van der Waals surface area contributed by atoms with Crippen molar-refractivity contribution in [1.29, 1.82) is 0 Å². The molecule has 3 heteroatoms. The van der Waals surface area contributed by atoms with Crippen molar-refractivity contribution in [3.05, 3.63) is 23.8 Å². The molecular weight excluding hydrogens is 212 g/mol. The molecule has 1 unspecified atom stereocenters. The van der Waals surface area contributed by atoms with Gasteiger partial charge < -0.3 is 10.1 Å². The first kappa shape index (κ1) is 10.9. The van der Waals surface area contributed by atoms with Crippen molar-refractivity contribution in [3.8, 4) is 5.75 Å². The minimum atomic E-state index is 0.365. The number of anilines is 1. The van der Waals surface area contributed by atoms with E-state index in [1.54, 1.807) is 0 Å². The van der Waals surface area contributed by atoms with E-state index in [0.29, 0.717) is 6.10 Å². The van der Waals surface area contributed by atoms with Crippen LogP contribution in [0.5, 0.6) is 5.75 Å². The molecular formula is C14H20N2O. The number of hydrogen-bond acceptors (Lipinski definition) is 3. The first-order valence-electron chi connectivity index (χ1n) is 6.61. The first-order valence-corrected chi connectivity index (χ1v) is 6.61. The van der Waals surface area contributed by atoms with Gasteiger partial charge in [0.05, 0.1) is 5.69 Å². The lowest BCUT2D eigenvalue weighted by Gasteiger charge is -2.17. The van der Waals surface area contributed by atoms with E-state index in [2.05, 4.69) is 35.3 Å². The Kier molecular flexibility index (Phi) is 2.93. The summed E-state index contributed by atoms with van der Waals surface area (Å²) in [5, 5.41) is 3.43. The fourth-order valence-electron chi connectivity index (χ4n) is 2.77. The SMILES string of the molecule is CCN1CCC(Oc2cccc3c2NCC3)C1. The van der Waals surface area contributed by atoms with E-state index in [1.165, 1.54) is 17.8 Å². The summed E-state index contributed by atoms with van der Waals surface area (Å²) in [6, 6.07) is 6.38. The zero-order chi connectivity index (χ0) is 11.7. The Morgan fingerprint density at radius 1 is 1.47 bits per heavy atom. The maximum Gasteiger partial charge on any atom is 0.143 e. The molecule has 1 fully saturated rings. The van der Waals surface area contributed by atoms with Crippen LogP contribution < -0.4 is 10.1 Å². The molecule has 1 saturated heterocycles. The second-order valence-electron chi connectivity index (χ2n) is 4.89. The molecule has 0 radical (unpaired) electrons. The fraction of sp³-hybridized carbons (Fsp3) is 0.571. The minimum Gasteiger partial charge on any atom is -0.487 e. The first-order chi connectivity index (χ1) is 8.36. The number of nitrogens with zero attached hydrogens (tertiary/aromatic N) is 1. The van der Waals surface area contributed by atoms with Crippen LogP contribution in [-0.4, -0.2) is 37.2 Å². The van der Waals surface area contributed by atoms with Crippen molar-refractivity contribution in [2.24, 2.45) is 0 Å². The Morgan fingerprint density at radius 3 is 3.24 bits per heavy atom. The number of fused-ring (bicyclic) bond motifs is 1. The Labute approximate surface area is 103 Å².